The Hall–Kier alpha value is -1.59. The van der Waals surface area contributed by atoms with E-state index in [1.54, 1.807) is 0 Å². The highest BCUT2D eigenvalue weighted by Gasteiger charge is 2.48. The van der Waals surface area contributed by atoms with E-state index >= 15 is 0 Å². The van der Waals surface area contributed by atoms with Gasteiger partial charge in [0.2, 0.25) is 0 Å². The maximum absolute atomic E-state index is 10.7. The first kappa shape index (κ1) is 20.7. The third kappa shape index (κ3) is 5.32. The average Bonchev–Trinajstić information content (AvgIpc) is 3.29. The summed E-state index contributed by atoms with van der Waals surface area (Å²) in [4.78, 5) is 10.7. The number of rotatable bonds is 9. The SMILES string of the molecule is O=C(O)COc1cccc(C[C@H]2[C@H](CCCC3CCCC(O)C3)[C@@H]3CC[C@H]2O3)c1. The van der Waals surface area contributed by atoms with Gasteiger partial charge in [0.25, 0.3) is 0 Å². The van der Waals surface area contributed by atoms with Crippen molar-refractivity contribution in [3.05, 3.63) is 29.8 Å². The van der Waals surface area contributed by atoms with Crippen molar-refractivity contribution in [3.8, 4) is 5.75 Å². The van der Waals surface area contributed by atoms with Crippen molar-refractivity contribution in [2.75, 3.05) is 6.61 Å². The molecule has 4 rings (SSSR count). The predicted molar refractivity (Wildman–Crippen MR) is 110 cm³/mol. The van der Waals surface area contributed by atoms with Crippen molar-refractivity contribution in [2.45, 2.75) is 82.5 Å². The molecule has 2 aliphatic heterocycles. The molecule has 1 saturated carbocycles. The Kier molecular flexibility index (Phi) is 6.76. The summed E-state index contributed by atoms with van der Waals surface area (Å²) in [5, 5.41) is 18.7. The van der Waals surface area contributed by atoms with Gasteiger partial charge in [0, 0.05) is 0 Å². The van der Waals surface area contributed by atoms with E-state index in [9.17, 15) is 9.90 Å². The third-order valence-electron chi connectivity index (χ3n) is 7.23. The predicted octanol–water partition coefficient (Wildman–Crippen LogP) is 4.21. The lowest BCUT2D eigenvalue weighted by atomic mass is 9.73. The van der Waals surface area contributed by atoms with E-state index in [1.165, 1.54) is 44.1 Å². The van der Waals surface area contributed by atoms with Crippen molar-refractivity contribution >= 4 is 5.97 Å². The molecule has 6 atom stereocenters. The van der Waals surface area contributed by atoms with E-state index in [1.807, 2.05) is 18.2 Å². The summed E-state index contributed by atoms with van der Waals surface area (Å²) in [6, 6.07) is 7.86. The van der Waals surface area contributed by atoms with Crippen LogP contribution in [0.5, 0.6) is 5.75 Å². The molecule has 2 N–H and O–H groups in total. The lowest BCUT2D eigenvalue weighted by Crippen LogP contribution is -2.29. The Morgan fingerprint density at radius 2 is 1.93 bits per heavy atom. The summed E-state index contributed by atoms with van der Waals surface area (Å²) >= 11 is 0. The fraction of sp³-hybridized carbons (Fsp3) is 0.708. The molecule has 1 aromatic carbocycles. The molecule has 2 saturated heterocycles. The summed E-state index contributed by atoms with van der Waals surface area (Å²) in [6.07, 6.45) is 12.1. The first-order valence-electron chi connectivity index (χ1n) is 11.4. The van der Waals surface area contributed by atoms with Crippen LogP contribution in [0.15, 0.2) is 24.3 Å². The van der Waals surface area contributed by atoms with Crippen molar-refractivity contribution in [2.24, 2.45) is 17.8 Å². The number of benzene rings is 1. The first-order chi connectivity index (χ1) is 14.1. The Morgan fingerprint density at radius 3 is 2.72 bits per heavy atom. The van der Waals surface area contributed by atoms with Gasteiger partial charge in [-0.05, 0) is 74.0 Å². The quantitative estimate of drug-likeness (QED) is 0.647. The third-order valence-corrected chi connectivity index (χ3v) is 7.23. The fourth-order valence-electron chi connectivity index (χ4n) is 5.90. The van der Waals surface area contributed by atoms with E-state index in [0.717, 1.165) is 25.7 Å². The van der Waals surface area contributed by atoms with Gasteiger partial charge in [0.1, 0.15) is 5.75 Å². The largest absolute Gasteiger partial charge is 0.482 e. The number of carbonyl (C=O) groups is 1. The molecule has 1 aromatic rings. The van der Waals surface area contributed by atoms with E-state index in [0.29, 0.717) is 35.7 Å². The van der Waals surface area contributed by atoms with E-state index < -0.39 is 5.97 Å². The zero-order valence-corrected chi connectivity index (χ0v) is 17.2. The molecule has 2 bridgehead atoms. The van der Waals surface area contributed by atoms with Crippen LogP contribution < -0.4 is 4.74 Å². The van der Waals surface area contributed by atoms with Crippen LogP contribution in [0.3, 0.4) is 0 Å². The molecule has 160 valence electrons. The lowest BCUT2D eigenvalue weighted by molar-refractivity contribution is -0.139. The average molecular weight is 403 g/mol. The molecular formula is C24H34O5. The van der Waals surface area contributed by atoms with E-state index in [2.05, 4.69) is 6.07 Å². The monoisotopic (exact) mass is 402 g/mol. The van der Waals surface area contributed by atoms with Crippen molar-refractivity contribution < 1.29 is 24.5 Å². The Balaban J connectivity index is 1.32. The number of carboxylic acids is 1. The first-order valence-corrected chi connectivity index (χ1v) is 11.4. The minimum Gasteiger partial charge on any atom is -0.482 e. The Bertz CT molecular complexity index is 690. The summed E-state index contributed by atoms with van der Waals surface area (Å²) in [5.41, 5.74) is 1.20. The zero-order valence-electron chi connectivity index (χ0n) is 17.2. The number of hydrogen-bond donors (Lipinski definition) is 2. The molecular weight excluding hydrogens is 368 g/mol. The molecule has 5 nitrogen and oxygen atoms in total. The van der Waals surface area contributed by atoms with Crippen LogP contribution in [0.1, 0.15) is 63.4 Å². The van der Waals surface area contributed by atoms with Crippen LogP contribution in [0, 0.1) is 17.8 Å². The Morgan fingerprint density at radius 1 is 1.10 bits per heavy atom. The van der Waals surface area contributed by atoms with Crippen molar-refractivity contribution in [1.82, 2.24) is 0 Å². The number of fused-ring (bicyclic) bond motifs is 2. The van der Waals surface area contributed by atoms with E-state index in [4.69, 9.17) is 14.6 Å². The van der Waals surface area contributed by atoms with Gasteiger partial charge in [-0.25, -0.2) is 4.79 Å². The molecule has 0 amide bonds. The molecule has 3 aliphatic rings. The van der Waals surface area contributed by atoms with Gasteiger partial charge in [0.05, 0.1) is 18.3 Å². The molecule has 29 heavy (non-hydrogen) atoms. The molecule has 5 heteroatoms. The van der Waals surface area contributed by atoms with Crippen LogP contribution in [0.25, 0.3) is 0 Å². The second kappa shape index (κ2) is 9.48. The second-order valence-corrected chi connectivity index (χ2v) is 9.27. The minimum absolute atomic E-state index is 0.0806. The number of carboxylic acid groups (broad SMARTS) is 1. The van der Waals surface area contributed by atoms with Gasteiger partial charge in [0.15, 0.2) is 6.61 Å². The number of aliphatic carboxylic acids is 1. The summed E-state index contributed by atoms with van der Waals surface area (Å²) in [7, 11) is 0. The molecule has 2 heterocycles. The van der Waals surface area contributed by atoms with Gasteiger partial charge in [-0.1, -0.05) is 37.8 Å². The summed E-state index contributed by atoms with van der Waals surface area (Å²) < 4.78 is 11.6. The maximum atomic E-state index is 10.7. The number of hydrogen-bond acceptors (Lipinski definition) is 4. The van der Waals surface area contributed by atoms with Crippen LogP contribution in [-0.4, -0.2) is 41.1 Å². The number of ether oxygens (including phenoxy) is 2. The topological polar surface area (TPSA) is 76.0 Å². The maximum Gasteiger partial charge on any atom is 0.341 e. The molecule has 0 spiro atoms. The molecule has 0 aromatic heterocycles. The fourth-order valence-corrected chi connectivity index (χ4v) is 5.90. The van der Waals surface area contributed by atoms with Crippen LogP contribution in [0.2, 0.25) is 0 Å². The van der Waals surface area contributed by atoms with Gasteiger partial charge in [-0.2, -0.15) is 0 Å². The minimum atomic E-state index is -0.956. The molecule has 3 fully saturated rings. The molecule has 1 aliphatic carbocycles. The standard InChI is InChI=1S/C24H34O5/c25-18-7-1-4-16(12-18)5-3-9-20-21(23-11-10-22(20)29-23)14-17-6-2-8-19(13-17)28-15-24(26)27/h2,6,8,13,16,18,20-23,25H,1,3-5,7,9-12,14-15H2,(H,26,27)/t16?,18?,20-,21-,22-,23+/m0/s1. The molecule has 0 radical (unpaired) electrons. The van der Waals surface area contributed by atoms with Gasteiger partial charge in [-0.3, -0.25) is 0 Å². The number of aliphatic hydroxyl groups excluding tert-OH is 1. The van der Waals surface area contributed by atoms with Crippen LogP contribution in [0.4, 0.5) is 0 Å². The van der Waals surface area contributed by atoms with Gasteiger partial charge >= 0.3 is 5.97 Å². The number of aliphatic hydroxyl groups is 1. The zero-order chi connectivity index (χ0) is 20.2. The highest BCUT2D eigenvalue weighted by molar-refractivity contribution is 5.68. The molecule has 2 unspecified atom stereocenters. The van der Waals surface area contributed by atoms with Gasteiger partial charge in [-0.15, -0.1) is 0 Å². The Labute approximate surface area is 173 Å². The highest BCUT2D eigenvalue weighted by atomic mass is 16.5. The van der Waals surface area contributed by atoms with E-state index in [-0.39, 0.29) is 12.7 Å². The summed E-state index contributed by atoms with van der Waals surface area (Å²) in [6.45, 7) is -0.306. The smallest absolute Gasteiger partial charge is 0.341 e. The normalized spacial score (nSPS) is 33.7. The van der Waals surface area contributed by atoms with Crippen LogP contribution in [-0.2, 0) is 16.0 Å². The van der Waals surface area contributed by atoms with Crippen LogP contribution >= 0.6 is 0 Å². The second-order valence-electron chi connectivity index (χ2n) is 9.27. The van der Waals surface area contributed by atoms with Crippen molar-refractivity contribution in [3.63, 3.8) is 0 Å². The van der Waals surface area contributed by atoms with Gasteiger partial charge < -0.3 is 19.7 Å². The van der Waals surface area contributed by atoms with Crippen molar-refractivity contribution in [1.29, 1.82) is 0 Å². The summed E-state index contributed by atoms with van der Waals surface area (Å²) in [5.74, 6) is 1.52. The lowest BCUT2D eigenvalue weighted by Gasteiger charge is -2.30. The highest BCUT2D eigenvalue weighted by Crippen LogP contribution is 2.47.